The van der Waals surface area contributed by atoms with Crippen LogP contribution in [-0.4, -0.2) is 11.1 Å². The van der Waals surface area contributed by atoms with Crippen molar-refractivity contribution in [1.29, 1.82) is 0 Å². The molecule has 0 atom stereocenters. The molecule has 3 heteroatoms. The van der Waals surface area contributed by atoms with Gasteiger partial charge in [-0.15, -0.1) is 0 Å². The fourth-order valence-corrected chi connectivity index (χ4v) is 1.15. The lowest BCUT2D eigenvalue weighted by molar-refractivity contribution is 0.241. The second-order valence-corrected chi connectivity index (χ2v) is 3.76. The number of pyridine rings is 1. The van der Waals surface area contributed by atoms with Gasteiger partial charge in [-0.3, -0.25) is 4.98 Å². The standard InChI is InChI=1S/C9H12BrNO/c1-6(2)12-8-4-9(10)7(3)11-5-8/h4-6H,1-3H3. The van der Waals surface area contributed by atoms with Gasteiger partial charge in [0.25, 0.3) is 0 Å². The fourth-order valence-electron chi connectivity index (χ4n) is 0.825. The summed E-state index contributed by atoms with van der Waals surface area (Å²) >= 11 is 3.39. The molecule has 0 radical (unpaired) electrons. The van der Waals surface area contributed by atoms with Gasteiger partial charge in [0.05, 0.1) is 18.0 Å². The van der Waals surface area contributed by atoms with Crippen molar-refractivity contribution in [1.82, 2.24) is 4.98 Å². The third-order valence-corrected chi connectivity index (χ3v) is 2.17. The van der Waals surface area contributed by atoms with E-state index in [0.29, 0.717) is 0 Å². The molecule has 0 amide bonds. The summed E-state index contributed by atoms with van der Waals surface area (Å²) in [6.07, 6.45) is 1.93. The second kappa shape index (κ2) is 3.90. The number of aryl methyl sites for hydroxylation is 1. The highest BCUT2D eigenvalue weighted by molar-refractivity contribution is 9.10. The van der Waals surface area contributed by atoms with Crippen LogP contribution in [0.1, 0.15) is 19.5 Å². The molecule has 12 heavy (non-hydrogen) atoms. The van der Waals surface area contributed by atoms with Crippen molar-refractivity contribution in [3.63, 3.8) is 0 Å². The first kappa shape index (κ1) is 9.52. The van der Waals surface area contributed by atoms with E-state index in [0.717, 1.165) is 15.9 Å². The molecule has 1 heterocycles. The summed E-state index contributed by atoms with van der Waals surface area (Å²) in [4.78, 5) is 4.16. The van der Waals surface area contributed by atoms with E-state index in [9.17, 15) is 0 Å². The largest absolute Gasteiger partial charge is 0.489 e. The van der Waals surface area contributed by atoms with Crippen LogP contribution in [0.4, 0.5) is 0 Å². The van der Waals surface area contributed by atoms with E-state index < -0.39 is 0 Å². The summed E-state index contributed by atoms with van der Waals surface area (Å²) in [7, 11) is 0. The molecule has 0 bridgehead atoms. The minimum atomic E-state index is 0.196. The third-order valence-electron chi connectivity index (χ3n) is 1.37. The van der Waals surface area contributed by atoms with Gasteiger partial charge in [-0.25, -0.2) is 0 Å². The molecule has 0 N–H and O–H groups in total. The molecule has 66 valence electrons. The molecule has 0 aliphatic rings. The van der Waals surface area contributed by atoms with Crippen LogP contribution in [0.15, 0.2) is 16.7 Å². The van der Waals surface area contributed by atoms with Crippen LogP contribution in [0.3, 0.4) is 0 Å². The van der Waals surface area contributed by atoms with E-state index in [1.807, 2.05) is 26.8 Å². The molecule has 0 unspecified atom stereocenters. The van der Waals surface area contributed by atoms with E-state index in [-0.39, 0.29) is 6.10 Å². The van der Waals surface area contributed by atoms with Gasteiger partial charge in [0, 0.05) is 4.47 Å². The highest BCUT2D eigenvalue weighted by Gasteiger charge is 2.00. The predicted octanol–water partition coefficient (Wildman–Crippen LogP) is 2.94. The maximum atomic E-state index is 5.46. The summed E-state index contributed by atoms with van der Waals surface area (Å²) in [6, 6.07) is 1.93. The summed E-state index contributed by atoms with van der Waals surface area (Å²) in [5, 5.41) is 0. The average molecular weight is 230 g/mol. The number of ether oxygens (including phenoxy) is 1. The maximum Gasteiger partial charge on any atom is 0.139 e. The van der Waals surface area contributed by atoms with Crippen LogP contribution in [0, 0.1) is 6.92 Å². The Hall–Kier alpha value is -0.570. The Morgan fingerprint density at radius 2 is 2.17 bits per heavy atom. The Morgan fingerprint density at radius 1 is 1.50 bits per heavy atom. The second-order valence-electron chi connectivity index (χ2n) is 2.90. The molecule has 1 aromatic heterocycles. The Bertz CT molecular complexity index is 273. The molecule has 0 aromatic carbocycles. The molecule has 0 spiro atoms. The summed E-state index contributed by atoms with van der Waals surface area (Å²) in [5.41, 5.74) is 0.978. The van der Waals surface area contributed by atoms with Crippen molar-refractivity contribution in [2.75, 3.05) is 0 Å². The molecule has 0 aliphatic carbocycles. The van der Waals surface area contributed by atoms with Gasteiger partial charge in [-0.1, -0.05) is 0 Å². The molecular formula is C9H12BrNO. The number of hydrogen-bond donors (Lipinski definition) is 0. The Labute approximate surface area is 81.1 Å². The van der Waals surface area contributed by atoms with Gasteiger partial charge in [0.15, 0.2) is 0 Å². The Morgan fingerprint density at radius 3 is 2.67 bits per heavy atom. The van der Waals surface area contributed by atoms with Crippen molar-refractivity contribution in [2.45, 2.75) is 26.9 Å². The molecular weight excluding hydrogens is 218 g/mol. The summed E-state index contributed by atoms with van der Waals surface area (Å²) in [6.45, 7) is 5.94. The van der Waals surface area contributed by atoms with E-state index in [4.69, 9.17) is 4.74 Å². The van der Waals surface area contributed by atoms with Crippen LogP contribution in [0.5, 0.6) is 5.75 Å². The first-order chi connectivity index (χ1) is 5.59. The number of aromatic nitrogens is 1. The third kappa shape index (κ3) is 2.48. The topological polar surface area (TPSA) is 22.1 Å². The van der Waals surface area contributed by atoms with Crippen LogP contribution >= 0.6 is 15.9 Å². The Balaban J connectivity index is 2.82. The zero-order valence-electron chi connectivity index (χ0n) is 7.47. The van der Waals surface area contributed by atoms with Crippen LogP contribution in [-0.2, 0) is 0 Å². The number of hydrogen-bond acceptors (Lipinski definition) is 2. The number of halogens is 1. The van der Waals surface area contributed by atoms with Crippen molar-refractivity contribution >= 4 is 15.9 Å². The molecule has 1 rings (SSSR count). The predicted molar refractivity (Wildman–Crippen MR) is 52.4 cm³/mol. The lowest BCUT2D eigenvalue weighted by Gasteiger charge is -2.09. The first-order valence-corrected chi connectivity index (χ1v) is 4.67. The van der Waals surface area contributed by atoms with Crippen LogP contribution in [0.25, 0.3) is 0 Å². The fraction of sp³-hybridized carbons (Fsp3) is 0.444. The van der Waals surface area contributed by atoms with E-state index >= 15 is 0 Å². The average Bonchev–Trinajstić information content (AvgIpc) is 1.96. The van der Waals surface area contributed by atoms with Gasteiger partial charge in [-0.05, 0) is 42.8 Å². The molecule has 0 saturated heterocycles. The lowest BCUT2D eigenvalue weighted by atomic mass is 10.3. The minimum absolute atomic E-state index is 0.196. The monoisotopic (exact) mass is 229 g/mol. The summed E-state index contributed by atoms with van der Waals surface area (Å²) < 4.78 is 6.44. The van der Waals surface area contributed by atoms with Crippen LogP contribution < -0.4 is 4.74 Å². The van der Waals surface area contributed by atoms with Gasteiger partial charge >= 0.3 is 0 Å². The summed E-state index contributed by atoms with van der Waals surface area (Å²) in [5.74, 6) is 0.808. The minimum Gasteiger partial charge on any atom is -0.489 e. The van der Waals surface area contributed by atoms with Crippen molar-refractivity contribution in [3.05, 3.63) is 22.4 Å². The molecule has 0 saturated carbocycles. The molecule has 0 fully saturated rings. The highest BCUT2D eigenvalue weighted by Crippen LogP contribution is 2.20. The first-order valence-electron chi connectivity index (χ1n) is 3.88. The van der Waals surface area contributed by atoms with Gasteiger partial charge < -0.3 is 4.74 Å². The van der Waals surface area contributed by atoms with E-state index in [2.05, 4.69) is 20.9 Å². The maximum absolute atomic E-state index is 5.46. The van der Waals surface area contributed by atoms with Crippen LogP contribution in [0.2, 0.25) is 0 Å². The quantitative estimate of drug-likeness (QED) is 0.779. The van der Waals surface area contributed by atoms with E-state index in [1.165, 1.54) is 0 Å². The van der Waals surface area contributed by atoms with Crippen molar-refractivity contribution in [3.8, 4) is 5.75 Å². The number of rotatable bonds is 2. The van der Waals surface area contributed by atoms with Crippen molar-refractivity contribution < 1.29 is 4.74 Å². The molecule has 1 aromatic rings. The molecule has 2 nitrogen and oxygen atoms in total. The van der Waals surface area contributed by atoms with E-state index in [1.54, 1.807) is 6.20 Å². The zero-order valence-corrected chi connectivity index (χ0v) is 9.05. The lowest BCUT2D eigenvalue weighted by Crippen LogP contribution is -2.05. The SMILES string of the molecule is Cc1ncc(OC(C)C)cc1Br. The zero-order chi connectivity index (χ0) is 9.14. The normalized spacial score (nSPS) is 10.4. The van der Waals surface area contributed by atoms with Gasteiger partial charge in [0.2, 0.25) is 0 Å². The Kier molecular flexibility index (Phi) is 3.09. The molecule has 0 aliphatic heterocycles. The number of nitrogens with zero attached hydrogens (tertiary/aromatic N) is 1. The highest BCUT2D eigenvalue weighted by atomic mass is 79.9. The smallest absolute Gasteiger partial charge is 0.139 e. The van der Waals surface area contributed by atoms with Gasteiger partial charge in [-0.2, -0.15) is 0 Å². The van der Waals surface area contributed by atoms with Gasteiger partial charge in [0.1, 0.15) is 5.75 Å². The van der Waals surface area contributed by atoms with Crippen molar-refractivity contribution in [2.24, 2.45) is 0 Å².